The first-order valence-electron chi connectivity index (χ1n) is 9.93. The molecule has 5 nitrogen and oxygen atoms in total. The van der Waals surface area contributed by atoms with Gasteiger partial charge in [-0.3, -0.25) is 9.59 Å². The lowest BCUT2D eigenvalue weighted by Gasteiger charge is -2.27. The van der Waals surface area contributed by atoms with Crippen LogP contribution in [0.15, 0.2) is 54.6 Å². The van der Waals surface area contributed by atoms with Crippen LogP contribution < -0.4 is 5.32 Å². The maximum absolute atomic E-state index is 13.1. The number of rotatable bonds is 6. The lowest BCUT2D eigenvalue weighted by Crippen LogP contribution is -2.40. The van der Waals surface area contributed by atoms with Crippen molar-refractivity contribution in [2.24, 2.45) is 5.92 Å². The lowest BCUT2D eigenvalue weighted by atomic mass is 9.85. The molecule has 0 radical (unpaired) electrons. The van der Waals surface area contributed by atoms with Gasteiger partial charge in [-0.15, -0.1) is 0 Å². The number of nitrogens with zero attached hydrogens (tertiary/aromatic N) is 1. The fraction of sp³-hybridized carbons (Fsp3) is 0.391. The van der Waals surface area contributed by atoms with E-state index in [1.807, 2.05) is 42.5 Å². The second kappa shape index (κ2) is 9.51. The summed E-state index contributed by atoms with van der Waals surface area (Å²) < 4.78 is 5.31. The van der Waals surface area contributed by atoms with Crippen LogP contribution in [-0.4, -0.2) is 43.0 Å². The van der Waals surface area contributed by atoms with Crippen molar-refractivity contribution in [3.63, 3.8) is 0 Å². The molecule has 1 aliphatic rings. The van der Waals surface area contributed by atoms with E-state index in [-0.39, 0.29) is 23.7 Å². The summed E-state index contributed by atoms with van der Waals surface area (Å²) in [5.41, 5.74) is 2.24. The Balaban J connectivity index is 1.76. The van der Waals surface area contributed by atoms with Crippen LogP contribution in [0.2, 0.25) is 0 Å². The Bertz CT molecular complexity index is 801. The fourth-order valence-corrected chi connectivity index (χ4v) is 3.53. The highest BCUT2D eigenvalue weighted by molar-refractivity contribution is 5.99. The van der Waals surface area contributed by atoms with Crippen molar-refractivity contribution in [2.75, 3.05) is 31.6 Å². The van der Waals surface area contributed by atoms with E-state index in [0.717, 1.165) is 12.0 Å². The van der Waals surface area contributed by atoms with Crippen LogP contribution in [0, 0.1) is 5.92 Å². The molecule has 0 aromatic heterocycles. The summed E-state index contributed by atoms with van der Waals surface area (Å²) in [5, 5.41) is 3.02. The van der Waals surface area contributed by atoms with Gasteiger partial charge in [0.2, 0.25) is 5.91 Å². The minimum atomic E-state index is -0.232. The van der Waals surface area contributed by atoms with E-state index in [4.69, 9.17) is 4.74 Å². The van der Waals surface area contributed by atoms with Gasteiger partial charge in [-0.1, -0.05) is 56.7 Å². The Kier molecular flexibility index (Phi) is 6.82. The van der Waals surface area contributed by atoms with Crippen molar-refractivity contribution in [1.82, 2.24) is 4.90 Å². The Morgan fingerprint density at radius 3 is 2.46 bits per heavy atom. The van der Waals surface area contributed by atoms with Gasteiger partial charge in [-0.25, -0.2) is 0 Å². The minimum absolute atomic E-state index is 0.0269. The second-order valence-electron chi connectivity index (χ2n) is 7.25. The van der Waals surface area contributed by atoms with Crippen molar-refractivity contribution in [3.05, 3.63) is 65.7 Å². The van der Waals surface area contributed by atoms with Gasteiger partial charge in [-0.05, 0) is 29.7 Å². The maximum atomic E-state index is 13.1. The molecule has 0 aliphatic carbocycles. The molecule has 5 heteroatoms. The number of benzene rings is 2. The lowest BCUT2D eigenvalue weighted by molar-refractivity contribution is -0.118. The van der Waals surface area contributed by atoms with Crippen molar-refractivity contribution in [2.45, 2.75) is 26.2 Å². The zero-order valence-electron chi connectivity index (χ0n) is 16.6. The molecule has 1 fully saturated rings. The summed E-state index contributed by atoms with van der Waals surface area (Å²) in [6.45, 7) is 6.51. The average molecular weight is 380 g/mol. The molecule has 1 heterocycles. The second-order valence-corrected chi connectivity index (χ2v) is 7.25. The van der Waals surface area contributed by atoms with Crippen LogP contribution >= 0.6 is 0 Å². The molecule has 0 bridgehead atoms. The standard InChI is InChI=1S/C23H28N2O3/c1-3-17(2)21(18-8-5-4-6-9-18)22(26)24-20-11-7-10-19(16-20)23(27)25-12-14-28-15-13-25/h4-11,16-17,21H,3,12-15H2,1-2H3,(H,24,26). The first-order valence-corrected chi connectivity index (χ1v) is 9.93. The molecule has 1 aliphatic heterocycles. The van der Waals surface area contributed by atoms with Crippen molar-refractivity contribution in [3.8, 4) is 0 Å². The van der Waals surface area contributed by atoms with Crippen LogP contribution in [0.3, 0.4) is 0 Å². The number of amides is 2. The number of hydrogen-bond donors (Lipinski definition) is 1. The number of anilines is 1. The molecular formula is C23H28N2O3. The summed E-state index contributed by atoms with van der Waals surface area (Å²) in [7, 11) is 0. The SMILES string of the molecule is CCC(C)C(C(=O)Nc1cccc(C(=O)N2CCOCC2)c1)c1ccccc1. The highest BCUT2D eigenvalue weighted by Gasteiger charge is 2.26. The number of hydrogen-bond acceptors (Lipinski definition) is 3. The quantitative estimate of drug-likeness (QED) is 0.826. The van der Waals surface area contributed by atoms with E-state index in [1.165, 1.54) is 0 Å². The Labute approximate surface area is 166 Å². The third kappa shape index (κ3) is 4.78. The third-order valence-corrected chi connectivity index (χ3v) is 5.33. The first-order chi connectivity index (χ1) is 13.6. The maximum Gasteiger partial charge on any atom is 0.254 e. The predicted molar refractivity (Wildman–Crippen MR) is 110 cm³/mol. The Hall–Kier alpha value is -2.66. The average Bonchev–Trinajstić information content (AvgIpc) is 2.74. The molecule has 148 valence electrons. The highest BCUT2D eigenvalue weighted by atomic mass is 16.5. The van der Waals surface area contributed by atoms with E-state index in [1.54, 1.807) is 17.0 Å². The van der Waals surface area contributed by atoms with Crippen molar-refractivity contribution < 1.29 is 14.3 Å². The van der Waals surface area contributed by atoms with Crippen LogP contribution in [0.5, 0.6) is 0 Å². The predicted octanol–water partition coefficient (Wildman–Crippen LogP) is 3.93. The summed E-state index contributed by atoms with van der Waals surface area (Å²) in [6.07, 6.45) is 0.905. The third-order valence-electron chi connectivity index (χ3n) is 5.33. The van der Waals surface area contributed by atoms with Gasteiger partial charge in [0.15, 0.2) is 0 Å². The van der Waals surface area contributed by atoms with Crippen LogP contribution in [0.1, 0.15) is 42.1 Å². The molecule has 0 saturated carbocycles. The largest absolute Gasteiger partial charge is 0.378 e. The van der Waals surface area contributed by atoms with Gasteiger partial charge in [0.25, 0.3) is 5.91 Å². The molecule has 0 spiro atoms. The zero-order chi connectivity index (χ0) is 19.9. The first kappa shape index (κ1) is 20.1. The zero-order valence-corrected chi connectivity index (χ0v) is 16.6. The van der Waals surface area contributed by atoms with E-state index in [0.29, 0.717) is 37.6 Å². The number of ether oxygens (including phenoxy) is 1. The Morgan fingerprint density at radius 1 is 1.07 bits per heavy atom. The highest BCUT2D eigenvalue weighted by Crippen LogP contribution is 2.28. The molecule has 2 amide bonds. The molecular weight excluding hydrogens is 352 g/mol. The summed E-state index contributed by atoms with van der Waals surface area (Å²) in [5.74, 6) is -0.0946. The fourth-order valence-electron chi connectivity index (χ4n) is 3.53. The van der Waals surface area contributed by atoms with Gasteiger partial charge in [0.05, 0.1) is 19.1 Å². The van der Waals surface area contributed by atoms with Gasteiger partial charge >= 0.3 is 0 Å². The molecule has 1 saturated heterocycles. The van der Waals surface area contributed by atoms with Crippen LogP contribution in [0.25, 0.3) is 0 Å². The molecule has 2 atom stereocenters. The molecule has 28 heavy (non-hydrogen) atoms. The number of carbonyl (C=O) groups is 2. The number of carbonyl (C=O) groups excluding carboxylic acids is 2. The van der Waals surface area contributed by atoms with Gasteiger partial charge < -0.3 is 15.0 Å². The molecule has 2 unspecified atom stereocenters. The van der Waals surface area contributed by atoms with Crippen molar-refractivity contribution >= 4 is 17.5 Å². The van der Waals surface area contributed by atoms with E-state index < -0.39 is 0 Å². The molecule has 3 rings (SSSR count). The van der Waals surface area contributed by atoms with Crippen molar-refractivity contribution in [1.29, 1.82) is 0 Å². The van der Waals surface area contributed by atoms with E-state index in [2.05, 4.69) is 19.2 Å². The summed E-state index contributed by atoms with van der Waals surface area (Å²) in [6, 6.07) is 17.0. The smallest absolute Gasteiger partial charge is 0.254 e. The van der Waals surface area contributed by atoms with Gasteiger partial charge in [-0.2, -0.15) is 0 Å². The molecule has 2 aromatic rings. The van der Waals surface area contributed by atoms with Crippen LogP contribution in [0.4, 0.5) is 5.69 Å². The minimum Gasteiger partial charge on any atom is -0.378 e. The van der Waals surface area contributed by atoms with Gasteiger partial charge in [0, 0.05) is 24.3 Å². The van der Waals surface area contributed by atoms with Gasteiger partial charge in [0.1, 0.15) is 0 Å². The number of nitrogens with one attached hydrogen (secondary N) is 1. The molecule has 2 aromatic carbocycles. The summed E-state index contributed by atoms with van der Waals surface area (Å²) >= 11 is 0. The summed E-state index contributed by atoms with van der Waals surface area (Å²) in [4.78, 5) is 27.6. The Morgan fingerprint density at radius 2 is 1.79 bits per heavy atom. The molecule has 1 N–H and O–H groups in total. The van der Waals surface area contributed by atoms with E-state index >= 15 is 0 Å². The topological polar surface area (TPSA) is 58.6 Å². The van der Waals surface area contributed by atoms with E-state index in [9.17, 15) is 9.59 Å². The number of morpholine rings is 1. The van der Waals surface area contributed by atoms with Crippen LogP contribution in [-0.2, 0) is 9.53 Å². The monoisotopic (exact) mass is 380 g/mol. The normalized spacial score (nSPS) is 16.3.